The second kappa shape index (κ2) is 7.64. The minimum atomic E-state index is 0.223. The molecule has 2 aromatic rings. The van der Waals surface area contributed by atoms with E-state index in [1.807, 2.05) is 17.5 Å². The fourth-order valence-electron chi connectivity index (χ4n) is 5.95. The maximum atomic E-state index is 12.7. The third-order valence-electron chi connectivity index (χ3n) is 7.33. The lowest BCUT2D eigenvalue weighted by atomic mass is 9.60. The van der Waals surface area contributed by atoms with Crippen molar-refractivity contribution in [3.63, 3.8) is 0 Å². The topological polar surface area (TPSA) is 23.6 Å². The second-order valence-electron chi connectivity index (χ2n) is 8.91. The molecule has 1 aromatic heterocycles. The molecule has 28 heavy (non-hydrogen) atoms. The molecule has 148 valence electrons. The first-order chi connectivity index (χ1) is 13.8. The molecule has 5 rings (SSSR count). The standard InChI is InChI=1S/C24H30N2OS/c27-23(21-10-7-17-28-21)25-15-11-20(12-16-25)26-18-24(13-5-2-6-14-24)22(26)19-8-3-1-4-9-19/h1,3-4,7-10,17,20,22H,2,5-6,11-16,18H2. The number of hydrogen-bond acceptors (Lipinski definition) is 3. The van der Waals surface area contributed by atoms with Gasteiger partial charge >= 0.3 is 0 Å². The number of rotatable bonds is 3. The van der Waals surface area contributed by atoms with Crippen molar-refractivity contribution >= 4 is 17.2 Å². The summed E-state index contributed by atoms with van der Waals surface area (Å²) < 4.78 is 0. The van der Waals surface area contributed by atoms with Crippen LogP contribution < -0.4 is 0 Å². The number of nitrogens with zero attached hydrogens (tertiary/aromatic N) is 2. The van der Waals surface area contributed by atoms with Crippen LogP contribution in [0.15, 0.2) is 47.8 Å². The Labute approximate surface area is 172 Å². The van der Waals surface area contributed by atoms with Crippen LogP contribution in [-0.2, 0) is 0 Å². The van der Waals surface area contributed by atoms with Crippen molar-refractivity contribution < 1.29 is 4.79 Å². The van der Waals surface area contributed by atoms with Crippen molar-refractivity contribution in [1.29, 1.82) is 0 Å². The largest absolute Gasteiger partial charge is 0.338 e. The highest BCUT2D eigenvalue weighted by Crippen LogP contribution is 2.58. The van der Waals surface area contributed by atoms with Gasteiger partial charge in [0.2, 0.25) is 0 Å². The highest BCUT2D eigenvalue weighted by molar-refractivity contribution is 7.12. The van der Waals surface area contributed by atoms with E-state index in [4.69, 9.17) is 0 Å². The van der Waals surface area contributed by atoms with Gasteiger partial charge in [-0.25, -0.2) is 0 Å². The average Bonchev–Trinajstić information content (AvgIpc) is 3.28. The molecule has 3 heterocycles. The Morgan fingerprint density at radius 2 is 1.71 bits per heavy atom. The summed E-state index contributed by atoms with van der Waals surface area (Å²) in [6.07, 6.45) is 9.19. The first-order valence-electron chi connectivity index (χ1n) is 10.9. The first kappa shape index (κ1) is 18.4. The van der Waals surface area contributed by atoms with Crippen LogP contribution in [0.4, 0.5) is 0 Å². The Hall–Kier alpha value is -1.65. The van der Waals surface area contributed by atoms with E-state index < -0.39 is 0 Å². The molecular weight excluding hydrogens is 364 g/mol. The van der Waals surface area contributed by atoms with E-state index in [1.54, 1.807) is 11.3 Å². The Kier molecular flexibility index (Phi) is 5.02. The van der Waals surface area contributed by atoms with Gasteiger partial charge in [0.1, 0.15) is 0 Å². The van der Waals surface area contributed by atoms with Crippen LogP contribution in [0.1, 0.15) is 66.2 Å². The molecule has 3 aliphatic rings. The van der Waals surface area contributed by atoms with Gasteiger partial charge in [0, 0.05) is 37.1 Å². The van der Waals surface area contributed by atoms with Crippen LogP contribution in [0.25, 0.3) is 0 Å². The van der Waals surface area contributed by atoms with Crippen molar-refractivity contribution in [3.8, 4) is 0 Å². The molecule has 1 spiro atoms. The molecule has 1 atom stereocenters. The maximum absolute atomic E-state index is 12.7. The van der Waals surface area contributed by atoms with E-state index in [0.717, 1.165) is 30.8 Å². The Bertz CT molecular complexity index is 789. The van der Waals surface area contributed by atoms with Crippen molar-refractivity contribution in [1.82, 2.24) is 9.80 Å². The monoisotopic (exact) mass is 394 g/mol. The van der Waals surface area contributed by atoms with E-state index in [9.17, 15) is 4.79 Å². The highest BCUT2D eigenvalue weighted by atomic mass is 32.1. The number of hydrogen-bond donors (Lipinski definition) is 0. The smallest absolute Gasteiger partial charge is 0.263 e. The molecule has 1 aromatic carbocycles. The summed E-state index contributed by atoms with van der Waals surface area (Å²) in [4.78, 5) is 18.4. The van der Waals surface area contributed by atoms with E-state index in [0.29, 0.717) is 17.5 Å². The van der Waals surface area contributed by atoms with Crippen LogP contribution in [0.3, 0.4) is 0 Å². The number of piperidine rings is 1. The van der Waals surface area contributed by atoms with Crippen molar-refractivity contribution in [2.45, 2.75) is 57.0 Å². The molecule has 1 amide bonds. The van der Waals surface area contributed by atoms with Crippen molar-refractivity contribution in [2.24, 2.45) is 5.41 Å². The number of carbonyl (C=O) groups is 1. The molecule has 0 bridgehead atoms. The Morgan fingerprint density at radius 1 is 0.964 bits per heavy atom. The molecule has 0 radical (unpaired) electrons. The van der Waals surface area contributed by atoms with Gasteiger partial charge in [0.15, 0.2) is 0 Å². The zero-order valence-corrected chi connectivity index (χ0v) is 17.4. The zero-order valence-electron chi connectivity index (χ0n) is 16.6. The van der Waals surface area contributed by atoms with Crippen molar-refractivity contribution in [3.05, 3.63) is 58.3 Å². The van der Waals surface area contributed by atoms with Gasteiger partial charge in [0.05, 0.1) is 4.88 Å². The van der Waals surface area contributed by atoms with Gasteiger partial charge in [0.25, 0.3) is 5.91 Å². The predicted molar refractivity (Wildman–Crippen MR) is 115 cm³/mol. The summed E-state index contributed by atoms with van der Waals surface area (Å²) in [7, 11) is 0. The van der Waals surface area contributed by atoms with Crippen LogP contribution in [-0.4, -0.2) is 41.4 Å². The molecule has 2 saturated heterocycles. The molecule has 1 unspecified atom stereocenters. The van der Waals surface area contributed by atoms with Gasteiger partial charge in [-0.1, -0.05) is 55.7 Å². The highest BCUT2D eigenvalue weighted by Gasteiger charge is 2.54. The van der Waals surface area contributed by atoms with Gasteiger partial charge in [-0.05, 0) is 42.7 Å². The molecule has 0 N–H and O–H groups in total. The van der Waals surface area contributed by atoms with Gasteiger partial charge in [-0.2, -0.15) is 0 Å². The van der Waals surface area contributed by atoms with Gasteiger partial charge < -0.3 is 4.90 Å². The number of thiophene rings is 1. The summed E-state index contributed by atoms with van der Waals surface area (Å²) in [6.45, 7) is 3.05. The fraction of sp³-hybridized carbons (Fsp3) is 0.542. The quantitative estimate of drug-likeness (QED) is 0.700. The van der Waals surface area contributed by atoms with Crippen LogP contribution in [0.5, 0.6) is 0 Å². The molecule has 2 aliphatic heterocycles. The summed E-state index contributed by atoms with van der Waals surface area (Å²) in [6, 6.07) is 16.3. The lowest BCUT2D eigenvalue weighted by molar-refractivity contribution is -0.132. The summed E-state index contributed by atoms with van der Waals surface area (Å²) in [5, 5.41) is 1.99. The molecule has 1 saturated carbocycles. The fourth-order valence-corrected chi connectivity index (χ4v) is 6.64. The Morgan fingerprint density at radius 3 is 2.39 bits per heavy atom. The average molecular weight is 395 g/mol. The third-order valence-corrected chi connectivity index (χ3v) is 8.18. The van der Waals surface area contributed by atoms with E-state index in [-0.39, 0.29) is 5.91 Å². The van der Waals surface area contributed by atoms with Crippen LogP contribution >= 0.6 is 11.3 Å². The second-order valence-corrected chi connectivity index (χ2v) is 9.86. The molecule has 3 fully saturated rings. The predicted octanol–water partition coefficient (Wildman–Crippen LogP) is 5.36. The number of benzene rings is 1. The lowest BCUT2D eigenvalue weighted by Gasteiger charge is -2.63. The van der Waals surface area contributed by atoms with Gasteiger partial charge in [-0.3, -0.25) is 9.69 Å². The van der Waals surface area contributed by atoms with E-state index in [1.165, 1.54) is 44.2 Å². The zero-order chi connectivity index (χ0) is 19.0. The van der Waals surface area contributed by atoms with E-state index in [2.05, 4.69) is 40.1 Å². The Balaban J connectivity index is 1.29. The molecule has 1 aliphatic carbocycles. The summed E-state index contributed by atoms with van der Waals surface area (Å²) >= 11 is 1.56. The number of amides is 1. The van der Waals surface area contributed by atoms with E-state index >= 15 is 0 Å². The number of carbonyl (C=O) groups excluding carboxylic acids is 1. The normalized spacial score (nSPS) is 25.6. The minimum Gasteiger partial charge on any atom is -0.338 e. The van der Waals surface area contributed by atoms with Crippen LogP contribution in [0, 0.1) is 5.41 Å². The third kappa shape index (κ3) is 3.21. The van der Waals surface area contributed by atoms with Crippen molar-refractivity contribution in [2.75, 3.05) is 19.6 Å². The SMILES string of the molecule is O=C(c1cccs1)N1CCC(N2CC3(CCCCC3)C2c2ccccc2)CC1. The summed E-state index contributed by atoms with van der Waals surface area (Å²) in [5.74, 6) is 0.223. The minimum absolute atomic E-state index is 0.223. The first-order valence-corrected chi connectivity index (χ1v) is 11.8. The molecule has 4 heteroatoms. The maximum Gasteiger partial charge on any atom is 0.263 e. The van der Waals surface area contributed by atoms with Crippen LogP contribution in [0.2, 0.25) is 0 Å². The lowest BCUT2D eigenvalue weighted by Crippen LogP contribution is -2.63. The summed E-state index contributed by atoms with van der Waals surface area (Å²) in [5.41, 5.74) is 2.01. The molecular formula is C24H30N2OS. The molecule has 3 nitrogen and oxygen atoms in total. The van der Waals surface area contributed by atoms with Gasteiger partial charge in [-0.15, -0.1) is 11.3 Å². The number of likely N-dealkylation sites (tertiary alicyclic amines) is 2.